The normalized spacial score (nSPS) is 16.4. The van der Waals surface area contributed by atoms with Gasteiger partial charge in [0.1, 0.15) is 0 Å². The molecule has 0 aromatic heterocycles. The molecule has 0 saturated carbocycles. The van der Waals surface area contributed by atoms with E-state index >= 15 is 0 Å². The van der Waals surface area contributed by atoms with Gasteiger partial charge < -0.3 is 10.4 Å². The molecule has 0 heterocycles. The van der Waals surface area contributed by atoms with E-state index in [2.05, 4.69) is 5.32 Å². The highest BCUT2D eigenvalue weighted by molar-refractivity contribution is 5.68. The standard InChI is InChI=1S/C16H12F3NO2/c17-12-5-4-11(14(18)15(12)19)9-1-3-10-8(7-9)2-6-13(10)20-16(21)22/h1,3-5,7,13,20H,2,6H2,(H,21,22). The van der Waals surface area contributed by atoms with Gasteiger partial charge in [-0.2, -0.15) is 0 Å². The second-order valence-electron chi connectivity index (χ2n) is 5.18. The SMILES string of the molecule is O=C(O)NC1CCc2cc(-c3ccc(F)c(F)c3F)ccc21. The summed E-state index contributed by atoms with van der Waals surface area (Å²) in [4.78, 5) is 10.7. The zero-order valence-electron chi connectivity index (χ0n) is 11.4. The average Bonchev–Trinajstić information content (AvgIpc) is 2.86. The Balaban J connectivity index is 1.99. The van der Waals surface area contributed by atoms with E-state index in [4.69, 9.17) is 5.11 Å². The lowest BCUT2D eigenvalue weighted by Gasteiger charge is -2.12. The fourth-order valence-electron chi connectivity index (χ4n) is 2.83. The van der Waals surface area contributed by atoms with Crippen molar-refractivity contribution >= 4 is 6.09 Å². The monoisotopic (exact) mass is 307 g/mol. The van der Waals surface area contributed by atoms with Crippen molar-refractivity contribution in [3.8, 4) is 11.1 Å². The molecule has 0 spiro atoms. The van der Waals surface area contributed by atoms with Crippen LogP contribution in [0.3, 0.4) is 0 Å². The first-order valence-electron chi connectivity index (χ1n) is 6.73. The van der Waals surface area contributed by atoms with Crippen molar-refractivity contribution < 1.29 is 23.1 Å². The van der Waals surface area contributed by atoms with Gasteiger partial charge in [0.2, 0.25) is 0 Å². The zero-order valence-corrected chi connectivity index (χ0v) is 11.4. The molecular weight excluding hydrogens is 295 g/mol. The summed E-state index contributed by atoms with van der Waals surface area (Å²) in [5.41, 5.74) is 2.12. The molecule has 0 saturated heterocycles. The molecule has 6 heteroatoms. The predicted octanol–water partition coefficient (Wildman–Crippen LogP) is 4.03. The second-order valence-corrected chi connectivity index (χ2v) is 5.18. The van der Waals surface area contributed by atoms with E-state index in [1.807, 2.05) is 0 Å². The van der Waals surface area contributed by atoms with Crippen LogP contribution in [0.15, 0.2) is 30.3 Å². The maximum atomic E-state index is 13.8. The topological polar surface area (TPSA) is 49.3 Å². The Morgan fingerprint density at radius 2 is 1.91 bits per heavy atom. The van der Waals surface area contributed by atoms with Crippen LogP contribution in [-0.2, 0) is 6.42 Å². The van der Waals surface area contributed by atoms with E-state index in [-0.39, 0.29) is 11.6 Å². The van der Waals surface area contributed by atoms with Crippen molar-refractivity contribution in [2.75, 3.05) is 0 Å². The van der Waals surface area contributed by atoms with Crippen molar-refractivity contribution in [3.63, 3.8) is 0 Å². The van der Waals surface area contributed by atoms with Gasteiger partial charge in [0.05, 0.1) is 6.04 Å². The summed E-state index contributed by atoms with van der Waals surface area (Å²) in [6.07, 6.45) is 0.152. The first kappa shape index (κ1) is 14.4. The van der Waals surface area contributed by atoms with Crippen LogP contribution in [-0.4, -0.2) is 11.2 Å². The Hall–Kier alpha value is -2.50. The summed E-state index contributed by atoms with van der Waals surface area (Å²) in [7, 11) is 0. The molecule has 1 unspecified atom stereocenters. The lowest BCUT2D eigenvalue weighted by Crippen LogP contribution is -2.24. The number of hydrogen-bond acceptors (Lipinski definition) is 1. The fourth-order valence-corrected chi connectivity index (χ4v) is 2.83. The number of benzene rings is 2. The number of amides is 1. The second kappa shape index (κ2) is 5.36. The van der Waals surface area contributed by atoms with Crippen LogP contribution in [0.5, 0.6) is 0 Å². The maximum absolute atomic E-state index is 13.8. The minimum absolute atomic E-state index is 0.0173. The van der Waals surface area contributed by atoms with Gasteiger partial charge in [0.25, 0.3) is 0 Å². The van der Waals surface area contributed by atoms with Crippen LogP contribution in [0.4, 0.5) is 18.0 Å². The maximum Gasteiger partial charge on any atom is 0.405 e. The number of halogens is 3. The summed E-state index contributed by atoms with van der Waals surface area (Å²) in [5.74, 6) is -3.95. The van der Waals surface area contributed by atoms with E-state index in [1.165, 1.54) is 6.07 Å². The van der Waals surface area contributed by atoms with Crippen LogP contribution >= 0.6 is 0 Å². The highest BCUT2D eigenvalue weighted by atomic mass is 19.2. The number of carbonyl (C=O) groups is 1. The van der Waals surface area contributed by atoms with Crippen molar-refractivity contribution in [1.29, 1.82) is 0 Å². The van der Waals surface area contributed by atoms with E-state index in [0.717, 1.165) is 17.2 Å². The van der Waals surface area contributed by atoms with Crippen molar-refractivity contribution in [2.45, 2.75) is 18.9 Å². The highest BCUT2D eigenvalue weighted by Gasteiger charge is 2.24. The third kappa shape index (κ3) is 2.41. The quantitative estimate of drug-likeness (QED) is 0.823. The van der Waals surface area contributed by atoms with E-state index < -0.39 is 23.5 Å². The van der Waals surface area contributed by atoms with Crippen molar-refractivity contribution in [1.82, 2.24) is 5.32 Å². The molecule has 1 amide bonds. The minimum Gasteiger partial charge on any atom is -0.465 e. The van der Waals surface area contributed by atoms with Gasteiger partial charge in [-0.05, 0) is 41.7 Å². The molecule has 114 valence electrons. The van der Waals surface area contributed by atoms with Crippen LogP contribution < -0.4 is 5.32 Å². The van der Waals surface area contributed by atoms with Crippen LogP contribution in [0.2, 0.25) is 0 Å². The van der Waals surface area contributed by atoms with Crippen LogP contribution in [0, 0.1) is 17.5 Å². The molecule has 2 aromatic rings. The summed E-state index contributed by atoms with van der Waals surface area (Å²) in [6.45, 7) is 0. The van der Waals surface area contributed by atoms with Crippen LogP contribution in [0.25, 0.3) is 11.1 Å². The van der Waals surface area contributed by atoms with E-state index in [1.54, 1.807) is 18.2 Å². The van der Waals surface area contributed by atoms with Crippen molar-refractivity contribution in [3.05, 3.63) is 58.9 Å². The molecule has 1 aliphatic rings. The predicted molar refractivity (Wildman–Crippen MR) is 74.0 cm³/mol. The van der Waals surface area contributed by atoms with E-state index in [0.29, 0.717) is 18.4 Å². The molecule has 1 aliphatic carbocycles. The largest absolute Gasteiger partial charge is 0.465 e. The molecule has 3 rings (SSSR count). The molecule has 0 radical (unpaired) electrons. The first-order valence-corrected chi connectivity index (χ1v) is 6.73. The summed E-state index contributed by atoms with van der Waals surface area (Å²) < 4.78 is 40.2. The molecule has 2 N–H and O–H groups in total. The minimum atomic E-state index is -1.50. The van der Waals surface area contributed by atoms with Gasteiger partial charge in [-0.1, -0.05) is 18.2 Å². The lowest BCUT2D eigenvalue weighted by atomic mass is 9.99. The number of hydrogen-bond donors (Lipinski definition) is 2. The molecule has 1 atom stereocenters. The Bertz CT molecular complexity index is 761. The summed E-state index contributed by atoms with van der Waals surface area (Å²) in [6, 6.07) is 6.74. The number of nitrogens with one attached hydrogen (secondary N) is 1. The van der Waals surface area contributed by atoms with E-state index in [9.17, 15) is 18.0 Å². The lowest BCUT2D eigenvalue weighted by molar-refractivity contribution is 0.190. The third-order valence-corrected chi connectivity index (χ3v) is 3.86. The number of fused-ring (bicyclic) bond motifs is 1. The summed E-state index contributed by atoms with van der Waals surface area (Å²) in [5, 5.41) is 11.2. The molecular formula is C16H12F3NO2. The smallest absolute Gasteiger partial charge is 0.405 e. The first-order chi connectivity index (χ1) is 10.5. The molecule has 2 aromatic carbocycles. The average molecular weight is 307 g/mol. The molecule has 0 fully saturated rings. The molecule has 0 bridgehead atoms. The zero-order chi connectivity index (χ0) is 15.9. The van der Waals surface area contributed by atoms with Gasteiger partial charge >= 0.3 is 6.09 Å². The highest BCUT2D eigenvalue weighted by Crippen LogP contribution is 2.35. The third-order valence-electron chi connectivity index (χ3n) is 3.86. The van der Waals surface area contributed by atoms with Crippen LogP contribution in [0.1, 0.15) is 23.6 Å². The number of rotatable bonds is 2. The number of carboxylic acid groups (broad SMARTS) is 1. The number of aryl methyl sites for hydroxylation is 1. The molecule has 3 nitrogen and oxygen atoms in total. The van der Waals surface area contributed by atoms with Crippen molar-refractivity contribution in [2.24, 2.45) is 0 Å². The van der Waals surface area contributed by atoms with Gasteiger partial charge in [-0.3, -0.25) is 0 Å². The Morgan fingerprint density at radius 1 is 1.14 bits per heavy atom. The van der Waals surface area contributed by atoms with Gasteiger partial charge in [-0.15, -0.1) is 0 Å². The Labute approximate surface area is 124 Å². The Morgan fingerprint density at radius 3 is 2.64 bits per heavy atom. The van der Waals surface area contributed by atoms with Gasteiger partial charge in [-0.25, -0.2) is 18.0 Å². The van der Waals surface area contributed by atoms with Gasteiger partial charge in [0.15, 0.2) is 17.5 Å². The molecule has 22 heavy (non-hydrogen) atoms. The fraction of sp³-hybridized carbons (Fsp3) is 0.188. The summed E-state index contributed by atoms with van der Waals surface area (Å²) >= 11 is 0. The molecule has 0 aliphatic heterocycles. The van der Waals surface area contributed by atoms with Gasteiger partial charge in [0, 0.05) is 5.56 Å². The Kier molecular flexibility index (Phi) is 3.52.